The molecule has 5 nitrogen and oxygen atoms in total. The molecule has 1 aromatic carbocycles. The van der Waals surface area contributed by atoms with Crippen LogP contribution in [0, 0.1) is 17.7 Å². The number of piperidine rings is 1. The number of hydrogen-bond acceptors (Lipinski definition) is 4. The topological polar surface area (TPSA) is 51.0 Å². The molecule has 2 aromatic rings. The van der Waals surface area contributed by atoms with Gasteiger partial charge in [-0.1, -0.05) is 37.7 Å². The number of aromatic nitrogens is 3. The Morgan fingerprint density at radius 2 is 1.92 bits per heavy atom. The van der Waals surface area contributed by atoms with Gasteiger partial charge in [-0.3, -0.25) is 4.79 Å². The van der Waals surface area contributed by atoms with E-state index in [0.717, 1.165) is 13.1 Å². The molecule has 0 radical (unpaired) electrons. The van der Waals surface area contributed by atoms with E-state index in [0.29, 0.717) is 34.1 Å². The van der Waals surface area contributed by atoms with Crippen molar-refractivity contribution >= 4 is 17.7 Å². The molecular formula is C18H23FN4OS. The van der Waals surface area contributed by atoms with Crippen molar-refractivity contribution in [1.82, 2.24) is 19.7 Å². The third kappa shape index (κ3) is 4.03. The number of rotatable bonds is 4. The fourth-order valence-corrected chi connectivity index (χ4v) is 4.22. The molecule has 0 unspecified atom stereocenters. The standard InChI is InChI=1S/C18H23FN4OS/c1-12-8-13(2)10-23(9-12)16(24)11-25-18-21-20-17(22(18)3)14-6-4-5-7-15(14)19/h4-7,12-13H,8-11H2,1-3H3/t12-,13-/m0/s1. The summed E-state index contributed by atoms with van der Waals surface area (Å²) in [6.45, 7) is 6.02. The van der Waals surface area contributed by atoms with Crippen molar-refractivity contribution in [3.05, 3.63) is 30.1 Å². The van der Waals surface area contributed by atoms with Gasteiger partial charge in [0, 0.05) is 20.1 Å². The van der Waals surface area contributed by atoms with Gasteiger partial charge >= 0.3 is 0 Å². The van der Waals surface area contributed by atoms with E-state index in [4.69, 9.17) is 0 Å². The predicted octanol–water partition coefficient (Wildman–Crippen LogP) is 3.22. The lowest BCUT2D eigenvalue weighted by Gasteiger charge is -2.34. The molecule has 1 fully saturated rings. The minimum absolute atomic E-state index is 0.124. The lowest BCUT2D eigenvalue weighted by atomic mass is 9.92. The third-order valence-corrected chi connectivity index (χ3v) is 5.50. The SMILES string of the molecule is C[C@H]1C[C@H](C)CN(C(=O)CSc2nnc(-c3ccccc3F)n2C)C1. The maximum atomic E-state index is 13.9. The number of likely N-dealkylation sites (tertiary alicyclic amines) is 1. The van der Waals surface area contributed by atoms with Crippen LogP contribution >= 0.6 is 11.8 Å². The molecule has 25 heavy (non-hydrogen) atoms. The molecule has 2 atom stereocenters. The fraction of sp³-hybridized carbons (Fsp3) is 0.500. The maximum Gasteiger partial charge on any atom is 0.233 e. The molecule has 134 valence electrons. The second kappa shape index (κ2) is 7.56. The molecule has 1 aliphatic heterocycles. The van der Waals surface area contributed by atoms with Crippen LogP contribution in [0.1, 0.15) is 20.3 Å². The molecule has 0 saturated carbocycles. The van der Waals surface area contributed by atoms with Crippen molar-refractivity contribution in [1.29, 1.82) is 0 Å². The maximum absolute atomic E-state index is 13.9. The van der Waals surface area contributed by atoms with Gasteiger partial charge in [-0.25, -0.2) is 4.39 Å². The Morgan fingerprint density at radius 1 is 1.24 bits per heavy atom. The van der Waals surface area contributed by atoms with Gasteiger partial charge in [0.05, 0.1) is 11.3 Å². The summed E-state index contributed by atoms with van der Waals surface area (Å²) in [6.07, 6.45) is 1.17. The van der Waals surface area contributed by atoms with Crippen molar-refractivity contribution in [2.24, 2.45) is 18.9 Å². The lowest BCUT2D eigenvalue weighted by Crippen LogP contribution is -2.43. The zero-order valence-corrected chi connectivity index (χ0v) is 15.6. The smallest absolute Gasteiger partial charge is 0.233 e. The Hall–Kier alpha value is -1.89. The van der Waals surface area contributed by atoms with Crippen LogP contribution in [0.2, 0.25) is 0 Å². The minimum Gasteiger partial charge on any atom is -0.341 e. The summed E-state index contributed by atoms with van der Waals surface area (Å²) in [5, 5.41) is 8.82. The van der Waals surface area contributed by atoms with E-state index < -0.39 is 0 Å². The summed E-state index contributed by atoms with van der Waals surface area (Å²) in [6, 6.07) is 6.49. The molecule has 1 saturated heterocycles. The summed E-state index contributed by atoms with van der Waals surface area (Å²) in [7, 11) is 1.79. The Kier molecular flexibility index (Phi) is 5.42. The van der Waals surface area contributed by atoms with Gasteiger partial charge < -0.3 is 9.47 Å². The van der Waals surface area contributed by atoms with Crippen LogP contribution in [0.25, 0.3) is 11.4 Å². The Morgan fingerprint density at radius 3 is 2.60 bits per heavy atom. The number of benzene rings is 1. The van der Waals surface area contributed by atoms with Gasteiger partial charge in [-0.15, -0.1) is 10.2 Å². The largest absolute Gasteiger partial charge is 0.341 e. The van der Waals surface area contributed by atoms with Gasteiger partial charge in [0.2, 0.25) is 5.91 Å². The third-order valence-electron chi connectivity index (χ3n) is 4.50. The normalized spacial score (nSPS) is 20.7. The van der Waals surface area contributed by atoms with Gasteiger partial charge in [0.1, 0.15) is 5.82 Å². The Balaban J connectivity index is 1.66. The zero-order chi connectivity index (χ0) is 18.0. The van der Waals surface area contributed by atoms with Crippen molar-refractivity contribution in [3.63, 3.8) is 0 Å². The van der Waals surface area contributed by atoms with E-state index in [9.17, 15) is 9.18 Å². The summed E-state index contributed by atoms with van der Waals surface area (Å²) >= 11 is 1.35. The van der Waals surface area contributed by atoms with Crippen molar-refractivity contribution in [3.8, 4) is 11.4 Å². The van der Waals surface area contributed by atoms with Gasteiger partial charge in [0.25, 0.3) is 0 Å². The number of thioether (sulfide) groups is 1. The molecule has 2 heterocycles. The first kappa shape index (κ1) is 17.9. The number of carbonyl (C=O) groups is 1. The fourth-order valence-electron chi connectivity index (χ4n) is 3.40. The van der Waals surface area contributed by atoms with Gasteiger partial charge in [0.15, 0.2) is 11.0 Å². The molecule has 7 heteroatoms. The van der Waals surface area contributed by atoms with Crippen LogP contribution in [0.5, 0.6) is 0 Å². The quantitative estimate of drug-likeness (QED) is 0.784. The second-order valence-corrected chi connectivity index (χ2v) is 7.82. The highest BCUT2D eigenvalue weighted by Gasteiger charge is 2.25. The average molecular weight is 362 g/mol. The van der Waals surface area contributed by atoms with Crippen LogP contribution in [0.4, 0.5) is 4.39 Å². The molecule has 1 aromatic heterocycles. The first-order chi connectivity index (χ1) is 12.0. The highest BCUT2D eigenvalue weighted by atomic mass is 32.2. The molecule has 0 aliphatic carbocycles. The second-order valence-electron chi connectivity index (χ2n) is 6.88. The van der Waals surface area contributed by atoms with E-state index in [1.807, 2.05) is 4.90 Å². The van der Waals surface area contributed by atoms with E-state index >= 15 is 0 Å². The van der Waals surface area contributed by atoms with E-state index in [1.165, 1.54) is 24.2 Å². The highest BCUT2D eigenvalue weighted by Crippen LogP contribution is 2.26. The average Bonchev–Trinajstić information content (AvgIpc) is 2.93. The molecule has 1 aliphatic rings. The number of nitrogens with zero attached hydrogens (tertiary/aromatic N) is 4. The molecular weight excluding hydrogens is 339 g/mol. The predicted molar refractivity (Wildman–Crippen MR) is 96.6 cm³/mol. The van der Waals surface area contributed by atoms with Gasteiger partial charge in [-0.2, -0.15) is 0 Å². The van der Waals surface area contributed by atoms with Crippen LogP contribution < -0.4 is 0 Å². The number of carbonyl (C=O) groups excluding carboxylic acids is 1. The van der Waals surface area contributed by atoms with Crippen LogP contribution in [-0.4, -0.2) is 44.4 Å². The van der Waals surface area contributed by atoms with Gasteiger partial charge in [-0.05, 0) is 30.4 Å². The molecule has 0 N–H and O–H groups in total. The van der Waals surface area contributed by atoms with Crippen LogP contribution in [-0.2, 0) is 11.8 Å². The molecule has 0 spiro atoms. The first-order valence-corrected chi connectivity index (χ1v) is 9.49. The summed E-state index contributed by atoms with van der Waals surface area (Å²) in [5.41, 5.74) is 0.411. The molecule has 1 amide bonds. The van der Waals surface area contributed by atoms with E-state index in [2.05, 4.69) is 24.0 Å². The molecule has 0 bridgehead atoms. The molecule has 3 rings (SSSR count). The summed E-state index contributed by atoms with van der Waals surface area (Å²) in [5.74, 6) is 1.66. The van der Waals surface area contributed by atoms with E-state index in [-0.39, 0.29) is 11.7 Å². The Labute approximate surface area is 151 Å². The first-order valence-electron chi connectivity index (χ1n) is 8.50. The van der Waals surface area contributed by atoms with Crippen molar-refractivity contribution in [2.75, 3.05) is 18.8 Å². The van der Waals surface area contributed by atoms with Crippen molar-refractivity contribution < 1.29 is 9.18 Å². The number of hydrogen-bond donors (Lipinski definition) is 0. The summed E-state index contributed by atoms with van der Waals surface area (Å²) in [4.78, 5) is 14.4. The number of halogens is 1. The van der Waals surface area contributed by atoms with E-state index in [1.54, 1.807) is 29.8 Å². The Bertz CT molecular complexity index is 753. The minimum atomic E-state index is -0.332. The van der Waals surface area contributed by atoms with Crippen LogP contribution in [0.15, 0.2) is 29.4 Å². The zero-order valence-electron chi connectivity index (χ0n) is 14.8. The monoisotopic (exact) mass is 362 g/mol. The highest BCUT2D eigenvalue weighted by molar-refractivity contribution is 7.99. The van der Waals surface area contributed by atoms with Crippen molar-refractivity contribution in [2.45, 2.75) is 25.4 Å². The summed E-state index contributed by atoms with van der Waals surface area (Å²) < 4.78 is 15.7. The lowest BCUT2D eigenvalue weighted by molar-refractivity contribution is -0.130. The van der Waals surface area contributed by atoms with Crippen LogP contribution in [0.3, 0.4) is 0 Å². The number of amides is 1.